The summed E-state index contributed by atoms with van der Waals surface area (Å²) < 4.78 is 63.8. The van der Waals surface area contributed by atoms with E-state index in [-0.39, 0.29) is 0 Å². The Morgan fingerprint density at radius 2 is 0.514 bits per heavy atom. The predicted molar refractivity (Wildman–Crippen MR) is 136 cm³/mol. The summed E-state index contributed by atoms with van der Waals surface area (Å²) >= 11 is 0. The summed E-state index contributed by atoms with van der Waals surface area (Å²) in [7, 11) is 1.65. The number of hydrogen-bond donors (Lipinski definition) is 0. The SMILES string of the molecule is C=COCCOCCOCCOCCOCCOCCOCCOCCOCCOCCOCCOC. The Morgan fingerprint density at radius 1 is 0.324 bits per heavy atom. The summed E-state index contributed by atoms with van der Waals surface area (Å²) in [5.41, 5.74) is 0. The van der Waals surface area contributed by atoms with Gasteiger partial charge >= 0.3 is 0 Å². The highest BCUT2D eigenvalue weighted by atomic mass is 16.6. The first-order valence-electron chi connectivity index (χ1n) is 12.9. The lowest BCUT2D eigenvalue weighted by Crippen LogP contribution is -2.15. The van der Waals surface area contributed by atoms with Gasteiger partial charge in [-0.3, -0.25) is 0 Å². The molecule has 0 fully saturated rings. The highest BCUT2D eigenvalue weighted by Gasteiger charge is 1.96. The molecule has 12 nitrogen and oxygen atoms in total. The molecule has 0 aromatic heterocycles. The van der Waals surface area contributed by atoms with Crippen molar-refractivity contribution in [3.8, 4) is 0 Å². The molecule has 0 spiro atoms. The lowest BCUT2D eigenvalue weighted by molar-refractivity contribution is -0.0274. The number of methoxy groups -OCH3 is 1. The Hall–Kier alpha value is -0.900. The Labute approximate surface area is 222 Å². The van der Waals surface area contributed by atoms with Gasteiger partial charge in [-0.2, -0.15) is 0 Å². The Bertz CT molecular complexity index is 417. The van der Waals surface area contributed by atoms with E-state index in [1.807, 2.05) is 0 Å². The minimum atomic E-state index is 0.504. The molecule has 0 N–H and O–H groups in total. The van der Waals surface area contributed by atoms with E-state index < -0.39 is 0 Å². The van der Waals surface area contributed by atoms with E-state index in [9.17, 15) is 0 Å². The molecule has 0 unspecified atom stereocenters. The van der Waals surface area contributed by atoms with Gasteiger partial charge in [-0.25, -0.2) is 0 Å². The molecule has 0 saturated heterocycles. The van der Waals surface area contributed by atoms with E-state index in [1.165, 1.54) is 6.26 Å². The van der Waals surface area contributed by atoms with Crippen LogP contribution in [0.5, 0.6) is 0 Å². The third-order valence-electron chi connectivity index (χ3n) is 4.24. The molecule has 222 valence electrons. The lowest BCUT2D eigenvalue weighted by Gasteiger charge is -2.09. The second-order valence-corrected chi connectivity index (χ2v) is 7.15. The van der Waals surface area contributed by atoms with E-state index in [4.69, 9.17) is 56.8 Å². The first kappa shape index (κ1) is 36.1. The quantitative estimate of drug-likeness (QED) is 0.0853. The second kappa shape index (κ2) is 35.1. The standard InChI is InChI=1S/C25H50O12/c1-3-27-6-7-29-10-11-31-14-15-33-18-19-35-22-23-37-25-24-36-21-20-34-17-16-32-13-12-30-9-8-28-5-4-26-2/h3H,1,4-25H2,2H3. The van der Waals surface area contributed by atoms with Crippen LogP contribution in [0.3, 0.4) is 0 Å². The summed E-state index contributed by atoms with van der Waals surface area (Å²) in [6, 6.07) is 0. The average Bonchev–Trinajstić information content (AvgIpc) is 2.91. The topological polar surface area (TPSA) is 111 Å². The average molecular weight is 543 g/mol. The molecule has 0 bridgehead atoms. The third kappa shape index (κ3) is 35.1. The first-order chi connectivity index (χ1) is 18.4. The first-order valence-corrected chi connectivity index (χ1v) is 12.9. The Morgan fingerprint density at radius 3 is 0.703 bits per heavy atom. The van der Waals surface area contributed by atoms with Gasteiger partial charge in [0.15, 0.2) is 0 Å². The normalized spacial score (nSPS) is 11.3. The van der Waals surface area contributed by atoms with Crippen molar-refractivity contribution in [3.05, 3.63) is 12.8 Å². The molecule has 0 radical (unpaired) electrons. The molecular formula is C25H50O12. The van der Waals surface area contributed by atoms with Crippen molar-refractivity contribution in [2.24, 2.45) is 0 Å². The fourth-order valence-corrected chi connectivity index (χ4v) is 2.41. The molecular weight excluding hydrogens is 492 g/mol. The van der Waals surface area contributed by atoms with E-state index in [1.54, 1.807) is 7.11 Å². The zero-order valence-electron chi connectivity index (χ0n) is 22.7. The zero-order chi connectivity index (χ0) is 26.7. The van der Waals surface area contributed by atoms with Gasteiger partial charge in [0.25, 0.3) is 0 Å². The van der Waals surface area contributed by atoms with E-state index in [0.717, 1.165) is 0 Å². The van der Waals surface area contributed by atoms with Gasteiger partial charge < -0.3 is 56.8 Å². The molecule has 0 aromatic rings. The van der Waals surface area contributed by atoms with Crippen LogP contribution >= 0.6 is 0 Å². The van der Waals surface area contributed by atoms with Gasteiger partial charge in [0.1, 0.15) is 6.61 Å². The van der Waals surface area contributed by atoms with Crippen molar-refractivity contribution in [2.45, 2.75) is 0 Å². The maximum absolute atomic E-state index is 5.45. The molecule has 0 aliphatic heterocycles. The molecule has 0 aliphatic rings. The van der Waals surface area contributed by atoms with Crippen LogP contribution in [0.25, 0.3) is 0 Å². The van der Waals surface area contributed by atoms with Crippen molar-refractivity contribution in [3.63, 3.8) is 0 Å². The monoisotopic (exact) mass is 542 g/mol. The van der Waals surface area contributed by atoms with Crippen LogP contribution in [0.15, 0.2) is 12.8 Å². The van der Waals surface area contributed by atoms with Gasteiger partial charge in [-0.15, -0.1) is 0 Å². The summed E-state index contributed by atoms with van der Waals surface area (Å²) in [5.74, 6) is 0. The van der Waals surface area contributed by atoms with Gasteiger partial charge in [0.05, 0.1) is 145 Å². The summed E-state index contributed by atoms with van der Waals surface area (Å²) in [6.07, 6.45) is 1.40. The summed E-state index contributed by atoms with van der Waals surface area (Å²) in [5, 5.41) is 0. The fourth-order valence-electron chi connectivity index (χ4n) is 2.41. The van der Waals surface area contributed by atoms with Crippen LogP contribution < -0.4 is 0 Å². The minimum Gasteiger partial charge on any atom is -0.499 e. The molecule has 0 heterocycles. The molecule has 37 heavy (non-hydrogen) atoms. The molecule has 0 rings (SSSR count). The molecule has 0 aromatic carbocycles. The van der Waals surface area contributed by atoms with Crippen LogP contribution in [-0.2, 0) is 56.8 Å². The van der Waals surface area contributed by atoms with E-state index in [0.29, 0.717) is 145 Å². The minimum absolute atomic E-state index is 0.504. The number of rotatable bonds is 34. The van der Waals surface area contributed by atoms with Crippen LogP contribution in [0.4, 0.5) is 0 Å². The van der Waals surface area contributed by atoms with E-state index in [2.05, 4.69) is 6.58 Å². The molecule has 12 heteroatoms. The Kier molecular flexibility index (Phi) is 34.2. The van der Waals surface area contributed by atoms with Crippen molar-refractivity contribution < 1.29 is 56.8 Å². The number of hydrogen-bond acceptors (Lipinski definition) is 12. The lowest BCUT2D eigenvalue weighted by atomic mass is 10.6. The van der Waals surface area contributed by atoms with Gasteiger partial charge in [-0.05, 0) is 0 Å². The van der Waals surface area contributed by atoms with Crippen molar-refractivity contribution in [1.29, 1.82) is 0 Å². The molecule has 0 atom stereocenters. The molecule has 0 amide bonds. The van der Waals surface area contributed by atoms with Crippen LogP contribution in [0, 0.1) is 0 Å². The van der Waals surface area contributed by atoms with Crippen LogP contribution in [0.2, 0.25) is 0 Å². The molecule has 0 saturated carbocycles. The fraction of sp³-hybridized carbons (Fsp3) is 0.920. The zero-order valence-corrected chi connectivity index (χ0v) is 22.7. The third-order valence-corrected chi connectivity index (χ3v) is 4.24. The van der Waals surface area contributed by atoms with Gasteiger partial charge in [-0.1, -0.05) is 6.58 Å². The van der Waals surface area contributed by atoms with Gasteiger partial charge in [0.2, 0.25) is 0 Å². The maximum atomic E-state index is 5.45. The van der Waals surface area contributed by atoms with Crippen molar-refractivity contribution >= 4 is 0 Å². The maximum Gasteiger partial charge on any atom is 0.111 e. The Balaban J connectivity index is 3.01. The largest absolute Gasteiger partial charge is 0.499 e. The number of ether oxygens (including phenoxy) is 12. The van der Waals surface area contributed by atoms with Crippen molar-refractivity contribution in [1.82, 2.24) is 0 Å². The highest BCUT2D eigenvalue weighted by molar-refractivity contribution is 4.47. The predicted octanol–water partition coefficient (Wildman–Crippen LogP) is 0.959. The van der Waals surface area contributed by atoms with Gasteiger partial charge in [0, 0.05) is 7.11 Å². The van der Waals surface area contributed by atoms with Crippen LogP contribution in [-0.4, -0.2) is 152 Å². The smallest absolute Gasteiger partial charge is 0.111 e. The second-order valence-electron chi connectivity index (χ2n) is 7.15. The summed E-state index contributed by atoms with van der Waals surface area (Å²) in [4.78, 5) is 0. The highest BCUT2D eigenvalue weighted by Crippen LogP contribution is 1.87. The van der Waals surface area contributed by atoms with Crippen molar-refractivity contribution in [2.75, 3.05) is 152 Å². The van der Waals surface area contributed by atoms with Crippen LogP contribution in [0.1, 0.15) is 0 Å². The summed E-state index contributed by atoms with van der Waals surface area (Å²) in [6.45, 7) is 15.1. The molecule has 0 aliphatic carbocycles. The van der Waals surface area contributed by atoms with E-state index >= 15 is 0 Å².